The topological polar surface area (TPSA) is 69.0 Å². The van der Waals surface area contributed by atoms with E-state index in [0.717, 1.165) is 30.2 Å². The fraction of sp³-hybridized carbons (Fsp3) is 0.438. The van der Waals surface area contributed by atoms with Crippen LogP contribution in [0.25, 0.3) is 0 Å². The van der Waals surface area contributed by atoms with Crippen molar-refractivity contribution >= 4 is 27.7 Å². The second-order valence-electron chi connectivity index (χ2n) is 5.38. The van der Waals surface area contributed by atoms with E-state index in [4.69, 9.17) is 0 Å². The third-order valence-corrected chi connectivity index (χ3v) is 4.35. The summed E-state index contributed by atoms with van der Waals surface area (Å²) in [6.07, 6.45) is 8.64. The summed E-state index contributed by atoms with van der Waals surface area (Å²) in [7, 11) is 1.78. The van der Waals surface area contributed by atoms with Gasteiger partial charge in [0, 0.05) is 30.0 Å². The summed E-state index contributed by atoms with van der Waals surface area (Å²) in [4.78, 5) is 18.3. The Balaban J connectivity index is 2.03. The molecule has 0 saturated heterocycles. The van der Waals surface area contributed by atoms with Gasteiger partial charge in [0.15, 0.2) is 0 Å². The number of hydrogen-bond donors (Lipinski definition) is 1. The second kappa shape index (κ2) is 7.95. The molecule has 0 spiro atoms. The molecule has 1 aliphatic rings. The molecule has 1 aromatic heterocycles. The Morgan fingerprint density at radius 1 is 1.45 bits per heavy atom. The maximum atomic E-state index is 12.4. The van der Waals surface area contributed by atoms with Gasteiger partial charge < -0.3 is 10.2 Å². The third kappa shape index (κ3) is 4.31. The highest BCUT2D eigenvalue weighted by atomic mass is 79.9. The minimum absolute atomic E-state index is 0.0952. The zero-order valence-corrected chi connectivity index (χ0v) is 14.1. The Hall–Kier alpha value is -1.87. The van der Waals surface area contributed by atoms with Gasteiger partial charge in [-0.25, -0.2) is 4.98 Å². The average Bonchev–Trinajstić information content (AvgIpc) is 2.57. The fourth-order valence-corrected chi connectivity index (χ4v) is 2.81. The number of hydrogen-bond acceptors (Lipinski definition) is 4. The van der Waals surface area contributed by atoms with Crippen LogP contribution in [0.3, 0.4) is 0 Å². The molecule has 5 nitrogen and oxygen atoms in total. The van der Waals surface area contributed by atoms with Crippen molar-refractivity contribution in [3.63, 3.8) is 0 Å². The van der Waals surface area contributed by atoms with Crippen LogP contribution >= 0.6 is 15.9 Å². The summed E-state index contributed by atoms with van der Waals surface area (Å²) in [5.41, 5.74) is 0.0952. The molecule has 1 amide bonds. The maximum absolute atomic E-state index is 12.4. The number of nitriles is 1. The van der Waals surface area contributed by atoms with E-state index in [1.807, 2.05) is 12.1 Å². The van der Waals surface area contributed by atoms with Gasteiger partial charge in [-0.2, -0.15) is 5.26 Å². The van der Waals surface area contributed by atoms with E-state index >= 15 is 0 Å². The highest BCUT2D eigenvalue weighted by Gasteiger charge is 2.24. The van der Waals surface area contributed by atoms with Crippen molar-refractivity contribution < 1.29 is 4.79 Å². The van der Waals surface area contributed by atoms with Crippen molar-refractivity contribution in [3.8, 4) is 6.07 Å². The van der Waals surface area contributed by atoms with Crippen LogP contribution in [0.1, 0.15) is 32.1 Å². The zero-order valence-electron chi connectivity index (χ0n) is 12.6. The monoisotopic (exact) mass is 362 g/mol. The zero-order chi connectivity index (χ0) is 15.9. The number of anilines is 1. The maximum Gasteiger partial charge on any atom is 0.266 e. The number of rotatable bonds is 4. The first-order chi connectivity index (χ1) is 10.6. The molecule has 1 fully saturated rings. The first-order valence-corrected chi connectivity index (χ1v) is 8.16. The molecule has 0 aromatic carbocycles. The molecular weight excluding hydrogens is 344 g/mol. The minimum Gasteiger partial charge on any atom is -0.345 e. The first kappa shape index (κ1) is 16.5. The number of aromatic nitrogens is 1. The van der Waals surface area contributed by atoms with Gasteiger partial charge in [-0.05, 0) is 40.9 Å². The fourth-order valence-electron chi connectivity index (χ4n) is 2.57. The van der Waals surface area contributed by atoms with Crippen LogP contribution in [0.15, 0.2) is 34.6 Å². The van der Waals surface area contributed by atoms with E-state index < -0.39 is 0 Å². The minimum atomic E-state index is -0.237. The van der Waals surface area contributed by atoms with E-state index in [9.17, 15) is 10.1 Å². The molecule has 0 unspecified atom stereocenters. The highest BCUT2D eigenvalue weighted by Crippen LogP contribution is 2.22. The van der Waals surface area contributed by atoms with E-state index in [0.29, 0.717) is 5.82 Å². The van der Waals surface area contributed by atoms with Crippen LogP contribution in [0.2, 0.25) is 0 Å². The van der Waals surface area contributed by atoms with Gasteiger partial charge in [0.25, 0.3) is 5.91 Å². The SMILES string of the molecule is CN(C(=O)/C(C#N)=C\Nc1ccc(Br)cn1)C1CCCCC1. The molecule has 22 heavy (non-hydrogen) atoms. The normalized spacial score (nSPS) is 16.0. The van der Waals surface area contributed by atoms with Crippen LogP contribution in [-0.2, 0) is 4.79 Å². The Kier molecular flexibility index (Phi) is 5.96. The van der Waals surface area contributed by atoms with E-state index in [1.165, 1.54) is 12.6 Å². The van der Waals surface area contributed by atoms with Crippen LogP contribution in [0.4, 0.5) is 5.82 Å². The highest BCUT2D eigenvalue weighted by molar-refractivity contribution is 9.10. The average molecular weight is 363 g/mol. The van der Waals surface area contributed by atoms with Crippen LogP contribution in [-0.4, -0.2) is 28.9 Å². The second-order valence-corrected chi connectivity index (χ2v) is 6.30. The summed E-state index contributed by atoms with van der Waals surface area (Å²) in [6, 6.07) is 5.82. The lowest BCUT2D eigenvalue weighted by Gasteiger charge is -2.31. The molecule has 0 atom stereocenters. The number of nitrogens with zero attached hydrogens (tertiary/aromatic N) is 3. The first-order valence-electron chi connectivity index (χ1n) is 7.37. The molecule has 6 heteroatoms. The number of amides is 1. The summed E-state index contributed by atoms with van der Waals surface area (Å²) in [5.74, 6) is 0.350. The number of nitrogens with one attached hydrogen (secondary N) is 1. The van der Waals surface area contributed by atoms with Gasteiger partial charge in [0.1, 0.15) is 17.5 Å². The number of pyridine rings is 1. The summed E-state index contributed by atoms with van der Waals surface area (Å²) in [6.45, 7) is 0. The van der Waals surface area contributed by atoms with Crippen LogP contribution in [0, 0.1) is 11.3 Å². The predicted octanol–water partition coefficient (Wildman–Crippen LogP) is 3.45. The molecular formula is C16H19BrN4O. The standard InChI is InChI=1S/C16H19BrN4O/c1-21(14-5-3-2-4-6-14)16(22)12(9-18)10-19-15-8-7-13(17)11-20-15/h7-8,10-11,14H,2-6H2,1H3,(H,19,20)/b12-10-. The molecule has 1 saturated carbocycles. The quantitative estimate of drug-likeness (QED) is 0.657. The lowest BCUT2D eigenvalue weighted by atomic mass is 9.94. The van der Waals surface area contributed by atoms with Gasteiger partial charge in [-0.15, -0.1) is 0 Å². The molecule has 1 aliphatic carbocycles. The molecule has 1 heterocycles. The van der Waals surface area contributed by atoms with Crippen molar-refractivity contribution in [3.05, 3.63) is 34.6 Å². The molecule has 116 valence electrons. The van der Waals surface area contributed by atoms with Crippen LogP contribution in [0.5, 0.6) is 0 Å². The molecule has 0 bridgehead atoms. The molecule has 0 aliphatic heterocycles. The molecule has 2 rings (SSSR count). The number of carbonyl (C=O) groups is 1. The van der Waals surface area contributed by atoms with Crippen molar-refractivity contribution in [2.24, 2.45) is 0 Å². The van der Waals surface area contributed by atoms with Crippen molar-refractivity contribution in [1.29, 1.82) is 5.26 Å². The Morgan fingerprint density at radius 3 is 2.77 bits per heavy atom. The summed E-state index contributed by atoms with van der Waals surface area (Å²) >= 11 is 3.31. The smallest absolute Gasteiger partial charge is 0.266 e. The van der Waals surface area contributed by atoms with Gasteiger partial charge in [0.2, 0.25) is 0 Å². The summed E-state index contributed by atoms with van der Waals surface area (Å²) < 4.78 is 0.871. The lowest BCUT2D eigenvalue weighted by molar-refractivity contribution is -0.128. The van der Waals surface area contributed by atoms with E-state index in [1.54, 1.807) is 24.2 Å². The van der Waals surface area contributed by atoms with Crippen molar-refractivity contribution in [2.75, 3.05) is 12.4 Å². The van der Waals surface area contributed by atoms with Gasteiger partial charge in [-0.3, -0.25) is 4.79 Å². The molecule has 1 aromatic rings. The Morgan fingerprint density at radius 2 is 2.18 bits per heavy atom. The van der Waals surface area contributed by atoms with Crippen molar-refractivity contribution in [2.45, 2.75) is 38.1 Å². The Labute approximate surface area is 139 Å². The molecule has 1 N–H and O–H groups in total. The van der Waals surface area contributed by atoms with E-state index in [-0.39, 0.29) is 17.5 Å². The number of carbonyl (C=O) groups excluding carboxylic acids is 1. The number of halogens is 1. The van der Waals surface area contributed by atoms with E-state index in [2.05, 4.69) is 26.2 Å². The largest absolute Gasteiger partial charge is 0.345 e. The molecule has 0 radical (unpaired) electrons. The van der Waals surface area contributed by atoms with Crippen LogP contribution < -0.4 is 5.32 Å². The number of likely N-dealkylation sites (N-methyl/N-ethyl adjacent to an activating group) is 1. The predicted molar refractivity (Wildman–Crippen MR) is 88.9 cm³/mol. The van der Waals surface area contributed by atoms with Gasteiger partial charge >= 0.3 is 0 Å². The van der Waals surface area contributed by atoms with Gasteiger partial charge in [0.05, 0.1) is 0 Å². The Bertz CT molecular complexity index is 585. The van der Waals surface area contributed by atoms with Crippen molar-refractivity contribution in [1.82, 2.24) is 9.88 Å². The summed E-state index contributed by atoms with van der Waals surface area (Å²) in [5, 5.41) is 12.1. The lowest BCUT2D eigenvalue weighted by Crippen LogP contribution is -2.39. The van der Waals surface area contributed by atoms with Gasteiger partial charge in [-0.1, -0.05) is 19.3 Å². The third-order valence-electron chi connectivity index (χ3n) is 3.89.